The second kappa shape index (κ2) is 13.4. The third-order valence-electron chi connectivity index (χ3n) is 5.11. The summed E-state index contributed by atoms with van der Waals surface area (Å²) < 4.78 is 10.5. The monoisotopic (exact) mass is 523 g/mol. The molecule has 2 aromatic carbocycles. The highest BCUT2D eigenvalue weighted by molar-refractivity contribution is 7.80. The number of benzene rings is 2. The quantitative estimate of drug-likeness (QED) is 0.247. The summed E-state index contributed by atoms with van der Waals surface area (Å²) in [4.78, 5) is 41.2. The van der Waals surface area contributed by atoms with Gasteiger partial charge in [0.15, 0.2) is 0 Å². The van der Waals surface area contributed by atoms with Crippen LogP contribution in [0.5, 0.6) is 5.75 Å². The zero-order valence-electron chi connectivity index (χ0n) is 21.5. The van der Waals surface area contributed by atoms with Crippen molar-refractivity contribution in [3.63, 3.8) is 0 Å². The Bertz CT molecular complexity index is 1150. The molecule has 0 heterocycles. The number of methoxy groups -OCH3 is 1. The van der Waals surface area contributed by atoms with Gasteiger partial charge in [0.2, 0.25) is 5.91 Å². The first kappa shape index (κ1) is 29.3. The first-order valence-electron chi connectivity index (χ1n) is 11.6. The Morgan fingerprint density at radius 1 is 1.16 bits per heavy atom. The largest absolute Gasteiger partial charge is 0.497 e. The third kappa shape index (κ3) is 8.33. The molecule has 196 valence electrons. The Balaban J connectivity index is 2.49. The SMILES string of the molecule is C#Cc1ccccc1C(C(=O)Nc1ccc(OC)cc1)N(CC=C)C(=O)C(CS)NC(=O)OC(C)(C)C. The highest BCUT2D eigenvalue weighted by Crippen LogP contribution is 2.27. The van der Waals surface area contributed by atoms with Crippen LogP contribution < -0.4 is 15.4 Å². The Morgan fingerprint density at radius 2 is 1.81 bits per heavy atom. The van der Waals surface area contributed by atoms with Gasteiger partial charge in [-0.2, -0.15) is 12.6 Å². The van der Waals surface area contributed by atoms with Crippen molar-refractivity contribution in [1.82, 2.24) is 10.2 Å². The van der Waals surface area contributed by atoms with Crippen molar-refractivity contribution >= 4 is 36.2 Å². The summed E-state index contributed by atoms with van der Waals surface area (Å²) in [5, 5.41) is 5.39. The molecule has 0 bridgehead atoms. The summed E-state index contributed by atoms with van der Waals surface area (Å²) >= 11 is 4.26. The van der Waals surface area contributed by atoms with E-state index in [4.69, 9.17) is 15.9 Å². The number of rotatable bonds is 10. The van der Waals surface area contributed by atoms with Gasteiger partial charge in [-0.15, -0.1) is 13.0 Å². The molecule has 0 saturated heterocycles. The standard InChI is InChI=1S/C28H33N3O5S/c1-7-17-31(26(33)23(18-37)30-27(34)36-28(3,4)5)24(22-12-10-9-11-19(22)8-2)25(32)29-20-13-15-21(35-6)16-14-20/h2,7,9-16,23-24,37H,1,17-18H2,3-6H3,(H,29,32)(H,30,34). The van der Waals surface area contributed by atoms with Gasteiger partial charge in [-0.05, 0) is 56.7 Å². The molecule has 8 nitrogen and oxygen atoms in total. The second-order valence-electron chi connectivity index (χ2n) is 9.01. The van der Waals surface area contributed by atoms with Gasteiger partial charge in [-0.3, -0.25) is 9.59 Å². The lowest BCUT2D eigenvalue weighted by Gasteiger charge is -2.34. The maximum absolute atomic E-state index is 13.7. The first-order valence-corrected chi connectivity index (χ1v) is 12.2. The van der Waals surface area contributed by atoms with Crippen LogP contribution in [0.4, 0.5) is 10.5 Å². The molecule has 0 aliphatic heterocycles. The lowest BCUT2D eigenvalue weighted by molar-refractivity contribution is -0.139. The molecule has 0 aromatic heterocycles. The number of anilines is 1. The Labute approximate surface area is 223 Å². The molecule has 0 radical (unpaired) electrons. The normalized spacial score (nSPS) is 12.3. The van der Waals surface area contributed by atoms with E-state index < -0.39 is 35.6 Å². The van der Waals surface area contributed by atoms with Crippen molar-refractivity contribution in [2.45, 2.75) is 38.5 Å². The topological polar surface area (TPSA) is 97.0 Å². The Kier molecular flexibility index (Phi) is 10.6. The fourth-order valence-electron chi connectivity index (χ4n) is 3.50. The molecule has 0 aliphatic carbocycles. The third-order valence-corrected chi connectivity index (χ3v) is 5.47. The maximum atomic E-state index is 13.7. The molecule has 37 heavy (non-hydrogen) atoms. The van der Waals surface area contributed by atoms with Gasteiger partial charge in [0.25, 0.3) is 5.91 Å². The first-order chi connectivity index (χ1) is 17.5. The lowest BCUT2D eigenvalue weighted by Crippen LogP contribution is -2.53. The van der Waals surface area contributed by atoms with E-state index in [2.05, 4.69) is 35.8 Å². The van der Waals surface area contributed by atoms with Gasteiger partial charge < -0.3 is 25.0 Å². The number of thiol groups is 1. The number of nitrogens with one attached hydrogen (secondary N) is 2. The van der Waals surface area contributed by atoms with Gasteiger partial charge >= 0.3 is 6.09 Å². The predicted octanol–water partition coefficient (Wildman–Crippen LogP) is 4.19. The number of hydrogen-bond donors (Lipinski definition) is 3. The van der Waals surface area contributed by atoms with E-state index in [0.717, 1.165) is 0 Å². The van der Waals surface area contributed by atoms with Crippen LogP contribution >= 0.6 is 12.6 Å². The van der Waals surface area contributed by atoms with Crippen LogP contribution in [0.25, 0.3) is 0 Å². The van der Waals surface area contributed by atoms with Crippen LogP contribution in [0.1, 0.15) is 37.9 Å². The number of terminal acetylenes is 1. The number of alkyl carbamates (subject to hydrolysis) is 1. The number of carbonyl (C=O) groups excluding carboxylic acids is 3. The molecule has 0 aliphatic rings. The number of carbonyl (C=O) groups is 3. The van der Waals surface area contributed by atoms with Crippen molar-refractivity contribution in [2.24, 2.45) is 0 Å². The van der Waals surface area contributed by atoms with Crippen LogP contribution in [0.2, 0.25) is 0 Å². The van der Waals surface area contributed by atoms with E-state index in [1.807, 2.05) is 0 Å². The molecule has 2 aromatic rings. The van der Waals surface area contributed by atoms with Gasteiger partial charge in [-0.25, -0.2) is 4.79 Å². The average Bonchev–Trinajstić information content (AvgIpc) is 2.86. The molecule has 2 rings (SSSR count). The number of ether oxygens (including phenoxy) is 2. The van der Waals surface area contributed by atoms with Gasteiger partial charge in [0, 0.05) is 23.5 Å². The minimum Gasteiger partial charge on any atom is -0.497 e. The molecule has 0 spiro atoms. The minimum absolute atomic E-state index is 0.00128. The van der Waals surface area contributed by atoms with Crippen molar-refractivity contribution in [1.29, 1.82) is 0 Å². The van der Waals surface area contributed by atoms with E-state index in [1.54, 1.807) is 76.4 Å². The fourth-order valence-corrected chi connectivity index (χ4v) is 3.75. The summed E-state index contributed by atoms with van der Waals surface area (Å²) in [6.07, 6.45) is 6.45. The van der Waals surface area contributed by atoms with Gasteiger partial charge in [0.05, 0.1) is 7.11 Å². The minimum atomic E-state index is -1.14. The molecule has 0 fully saturated rings. The maximum Gasteiger partial charge on any atom is 0.408 e. The number of nitrogens with zero attached hydrogens (tertiary/aromatic N) is 1. The van der Waals surface area contributed by atoms with Crippen molar-refractivity contribution in [3.05, 3.63) is 72.3 Å². The molecule has 2 unspecified atom stereocenters. The van der Waals surface area contributed by atoms with Crippen LogP contribution in [-0.2, 0) is 14.3 Å². The molecule has 3 amide bonds. The molecule has 9 heteroatoms. The van der Waals surface area contributed by atoms with Gasteiger partial charge in [0.1, 0.15) is 23.4 Å². The molecule has 2 atom stereocenters. The summed E-state index contributed by atoms with van der Waals surface area (Å²) in [6.45, 7) is 8.88. The van der Waals surface area contributed by atoms with E-state index in [9.17, 15) is 14.4 Å². The van der Waals surface area contributed by atoms with Crippen LogP contribution in [0, 0.1) is 12.3 Å². The summed E-state index contributed by atoms with van der Waals surface area (Å²) in [7, 11) is 1.54. The highest BCUT2D eigenvalue weighted by Gasteiger charge is 2.36. The smallest absolute Gasteiger partial charge is 0.408 e. The highest BCUT2D eigenvalue weighted by atomic mass is 32.1. The molecule has 2 N–H and O–H groups in total. The zero-order valence-corrected chi connectivity index (χ0v) is 22.4. The predicted molar refractivity (Wildman–Crippen MR) is 148 cm³/mol. The molecular formula is C28H33N3O5S. The van der Waals surface area contributed by atoms with E-state index in [1.165, 1.54) is 11.0 Å². The van der Waals surface area contributed by atoms with Crippen LogP contribution in [0.3, 0.4) is 0 Å². The number of hydrogen-bond acceptors (Lipinski definition) is 6. The van der Waals surface area contributed by atoms with Crippen molar-refractivity contribution < 1.29 is 23.9 Å². The fraction of sp³-hybridized carbons (Fsp3) is 0.321. The van der Waals surface area contributed by atoms with Crippen molar-refractivity contribution in [2.75, 3.05) is 24.7 Å². The molecular weight excluding hydrogens is 490 g/mol. The van der Waals surface area contributed by atoms with E-state index in [0.29, 0.717) is 22.6 Å². The summed E-state index contributed by atoms with van der Waals surface area (Å²) in [6, 6.07) is 11.4. The lowest BCUT2D eigenvalue weighted by atomic mass is 9.97. The van der Waals surface area contributed by atoms with E-state index in [-0.39, 0.29) is 12.3 Å². The Hall–Kier alpha value is -3.90. The van der Waals surface area contributed by atoms with Crippen LogP contribution in [-0.4, -0.2) is 53.9 Å². The average molecular weight is 524 g/mol. The Morgan fingerprint density at radius 3 is 2.35 bits per heavy atom. The van der Waals surface area contributed by atoms with E-state index >= 15 is 0 Å². The second-order valence-corrected chi connectivity index (χ2v) is 9.38. The van der Waals surface area contributed by atoms with Gasteiger partial charge in [-0.1, -0.05) is 30.2 Å². The zero-order chi connectivity index (χ0) is 27.6. The molecule has 0 saturated carbocycles. The van der Waals surface area contributed by atoms with Crippen LogP contribution in [0.15, 0.2) is 61.2 Å². The van der Waals surface area contributed by atoms with Crippen molar-refractivity contribution in [3.8, 4) is 18.1 Å². The summed E-state index contributed by atoms with van der Waals surface area (Å²) in [5.74, 6) is 2.12. The summed E-state index contributed by atoms with van der Waals surface area (Å²) in [5.41, 5.74) is 0.627. The number of amides is 3.